The van der Waals surface area contributed by atoms with Crippen LogP contribution >= 0.6 is 0 Å². The SMILES string of the molecule is C=CC1=C(N=CC)CCN(C)C1.CC. The molecule has 1 heterocycles. The average Bonchev–Trinajstić information content (AvgIpc) is 2.24. The fourth-order valence-electron chi connectivity index (χ4n) is 1.40. The molecule has 0 aromatic rings. The van der Waals surface area contributed by atoms with Gasteiger partial charge in [-0.2, -0.15) is 0 Å². The third-order valence-electron chi connectivity index (χ3n) is 2.07. The molecule has 0 aromatic heterocycles. The van der Waals surface area contributed by atoms with Crippen LogP contribution in [0.25, 0.3) is 0 Å². The highest BCUT2D eigenvalue weighted by molar-refractivity contribution is 5.56. The standard InChI is InChI=1S/C10H16N2.C2H6/c1-4-9-8-12(3)7-6-10(9)11-5-2;1-2/h4-5H,1,6-8H2,2-3H3;1-2H3. The van der Waals surface area contributed by atoms with E-state index in [2.05, 4.69) is 23.5 Å². The molecule has 0 saturated heterocycles. The van der Waals surface area contributed by atoms with Gasteiger partial charge in [0.05, 0.1) is 0 Å². The van der Waals surface area contributed by atoms with Crippen molar-refractivity contribution < 1.29 is 0 Å². The van der Waals surface area contributed by atoms with Crippen LogP contribution < -0.4 is 0 Å². The number of rotatable bonds is 2. The highest BCUT2D eigenvalue weighted by atomic mass is 15.1. The van der Waals surface area contributed by atoms with E-state index in [0.29, 0.717) is 0 Å². The Hall–Kier alpha value is -0.890. The van der Waals surface area contributed by atoms with E-state index < -0.39 is 0 Å². The summed E-state index contributed by atoms with van der Waals surface area (Å²) in [6, 6.07) is 0. The molecule has 0 bridgehead atoms. The Balaban J connectivity index is 0.000000791. The Bertz CT molecular complexity index is 226. The summed E-state index contributed by atoms with van der Waals surface area (Å²) in [6.45, 7) is 11.8. The second-order valence-electron chi connectivity index (χ2n) is 3.05. The Morgan fingerprint density at radius 2 is 2.07 bits per heavy atom. The summed E-state index contributed by atoms with van der Waals surface area (Å²) in [4.78, 5) is 6.61. The number of aliphatic imine (C=N–C) groups is 1. The molecular weight excluding hydrogens is 172 g/mol. The van der Waals surface area contributed by atoms with Crippen molar-refractivity contribution in [2.75, 3.05) is 20.1 Å². The normalized spacial score (nSPS) is 18.0. The average molecular weight is 194 g/mol. The number of nitrogens with zero attached hydrogens (tertiary/aromatic N) is 2. The third-order valence-corrected chi connectivity index (χ3v) is 2.07. The maximum atomic E-state index is 4.33. The lowest BCUT2D eigenvalue weighted by Crippen LogP contribution is -2.26. The van der Waals surface area contributed by atoms with Gasteiger partial charge in [-0.25, -0.2) is 0 Å². The van der Waals surface area contributed by atoms with Gasteiger partial charge >= 0.3 is 0 Å². The predicted octanol–water partition coefficient (Wildman–Crippen LogP) is 2.88. The lowest BCUT2D eigenvalue weighted by Gasteiger charge is -2.24. The maximum absolute atomic E-state index is 4.33. The van der Waals surface area contributed by atoms with Crippen LogP contribution in [0.15, 0.2) is 28.9 Å². The van der Waals surface area contributed by atoms with Crippen molar-refractivity contribution in [1.82, 2.24) is 4.90 Å². The molecule has 0 amide bonds. The number of hydrogen-bond acceptors (Lipinski definition) is 2. The van der Waals surface area contributed by atoms with Gasteiger partial charge in [-0.15, -0.1) is 0 Å². The summed E-state index contributed by atoms with van der Waals surface area (Å²) in [5.41, 5.74) is 2.47. The van der Waals surface area contributed by atoms with Gasteiger partial charge in [0.25, 0.3) is 0 Å². The van der Waals surface area contributed by atoms with Crippen molar-refractivity contribution in [3.63, 3.8) is 0 Å². The van der Waals surface area contributed by atoms with Crippen molar-refractivity contribution >= 4 is 6.21 Å². The molecule has 0 saturated carbocycles. The molecule has 0 N–H and O–H groups in total. The van der Waals surface area contributed by atoms with E-state index in [9.17, 15) is 0 Å². The van der Waals surface area contributed by atoms with Gasteiger partial charge in [0.1, 0.15) is 0 Å². The van der Waals surface area contributed by atoms with E-state index >= 15 is 0 Å². The Kier molecular flexibility index (Phi) is 7.03. The molecule has 0 aliphatic carbocycles. The van der Waals surface area contributed by atoms with Crippen molar-refractivity contribution in [3.05, 3.63) is 23.9 Å². The van der Waals surface area contributed by atoms with Crippen LogP contribution in [0.3, 0.4) is 0 Å². The molecule has 0 fully saturated rings. The number of hydrogen-bond donors (Lipinski definition) is 0. The molecule has 0 aromatic carbocycles. The molecule has 2 nitrogen and oxygen atoms in total. The van der Waals surface area contributed by atoms with Crippen LogP contribution in [-0.4, -0.2) is 31.3 Å². The Morgan fingerprint density at radius 1 is 1.43 bits per heavy atom. The lowest BCUT2D eigenvalue weighted by atomic mass is 10.1. The first kappa shape index (κ1) is 13.1. The van der Waals surface area contributed by atoms with Crippen molar-refractivity contribution in [2.45, 2.75) is 27.2 Å². The van der Waals surface area contributed by atoms with Gasteiger partial charge < -0.3 is 4.90 Å². The quantitative estimate of drug-likeness (QED) is 0.617. The Labute approximate surface area is 88.0 Å². The van der Waals surface area contributed by atoms with E-state index in [1.165, 1.54) is 11.3 Å². The molecule has 0 unspecified atom stereocenters. The second-order valence-corrected chi connectivity index (χ2v) is 3.05. The van der Waals surface area contributed by atoms with Crippen LogP contribution in [-0.2, 0) is 0 Å². The molecule has 1 aliphatic rings. The Morgan fingerprint density at radius 3 is 2.57 bits per heavy atom. The van der Waals surface area contributed by atoms with E-state index in [-0.39, 0.29) is 0 Å². The van der Waals surface area contributed by atoms with Crippen LogP contribution in [0, 0.1) is 0 Å². The molecule has 14 heavy (non-hydrogen) atoms. The molecule has 0 spiro atoms. The van der Waals surface area contributed by atoms with Gasteiger partial charge in [-0.05, 0) is 19.5 Å². The second kappa shape index (κ2) is 7.51. The monoisotopic (exact) mass is 194 g/mol. The van der Waals surface area contributed by atoms with Crippen molar-refractivity contribution in [1.29, 1.82) is 0 Å². The topological polar surface area (TPSA) is 15.6 Å². The number of likely N-dealkylation sites (N-methyl/N-ethyl adjacent to an activating group) is 1. The molecule has 1 rings (SSSR count). The first-order chi connectivity index (χ1) is 6.77. The summed E-state index contributed by atoms with van der Waals surface area (Å²) < 4.78 is 0. The van der Waals surface area contributed by atoms with E-state index in [1.54, 1.807) is 0 Å². The van der Waals surface area contributed by atoms with Crippen LogP contribution in [0.4, 0.5) is 0 Å². The zero-order valence-electron chi connectivity index (χ0n) is 9.88. The van der Waals surface area contributed by atoms with E-state index in [1.807, 2.05) is 33.1 Å². The van der Waals surface area contributed by atoms with Crippen LogP contribution in [0.1, 0.15) is 27.2 Å². The lowest BCUT2D eigenvalue weighted by molar-refractivity contribution is 0.351. The molecule has 80 valence electrons. The smallest absolute Gasteiger partial charge is 0.0457 e. The first-order valence-electron chi connectivity index (χ1n) is 5.29. The molecule has 1 aliphatic heterocycles. The largest absolute Gasteiger partial charge is 0.302 e. The summed E-state index contributed by atoms with van der Waals surface area (Å²) >= 11 is 0. The first-order valence-corrected chi connectivity index (χ1v) is 5.29. The molecule has 0 radical (unpaired) electrons. The zero-order valence-corrected chi connectivity index (χ0v) is 9.88. The minimum Gasteiger partial charge on any atom is -0.302 e. The van der Waals surface area contributed by atoms with Gasteiger partial charge in [0.15, 0.2) is 0 Å². The van der Waals surface area contributed by atoms with Gasteiger partial charge in [0, 0.05) is 31.4 Å². The van der Waals surface area contributed by atoms with Crippen LogP contribution in [0.5, 0.6) is 0 Å². The summed E-state index contributed by atoms with van der Waals surface area (Å²) in [5.74, 6) is 0. The summed E-state index contributed by atoms with van der Waals surface area (Å²) in [5, 5.41) is 0. The van der Waals surface area contributed by atoms with Crippen LogP contribution in [0.2, 0.25) is 0 Å². The minimum absolute atomic E-state index is 0.982. The fourth-order valence-corrected chi connectivity index (χ4v) is 1.40. The highest BCUT2D eigenvalue weighted by Gasteiger charge is 2.12. The summed E-state index contributed by atoms with van der Waals surface area (Å²) in [6.07, 6.45) is 4.81. The van der Waals surface area contributed by atoms with Crippen molar-refractivity contribution in [3.8, 4) is 0 Å². The summed E-state index contributed by atoms with van der Waals surface area (Å²) in [7, 11) is 2.12. The van der Waals surface area contributed by atoms with Gasteiger partial charge in [-0.3, -0.25) is 4.99 Å². The van der Waals surface area contributed by atoms with Gasteiger partial charge in [-0.1, -0.05) is 26.5 Å². The molecule has 2 heteroatoms. The molecule has 0 atom stereocenters. The zero-order chi connectivity index (χ0) is 11.0. The van der Waals surface area contributed by atoms with E-state index in [4.69, 9.17) is 0 Å². The third kappa shape index (κ3) is 3.88. The highest BCUT2D eigenvalue weighted by Crippen LogP contribution is 2.18. The fraction of sp³-hybridized carbons (Fsp3) is 0.583. The minimum atomic E-state index is 0.982. The van der Waals surface area contributed by atoms with E-state index in [0.717, 1.165) is 19.5 Å². The molecular formula is C12H22N2. The maximum Gasteiger partial charge on any atom is 0.0457 e. The van der Waals surface area contributed by atoms with Crippen molar-refractivity contribution in [2.24, 2.45) is 4.99 Å². The predicted molar refractivity (Wildman–Crippen MR) is 64.9 cm³/mol. The van der Waals surface area contributed by atoms with Gasteiger partial charge in [0.2, 0.25) is 0 Å².